The number of H-pyrrole nitrogens is 1. The highest BCUT2D eigenvalue weighted by Gasteiger charge is 2.17. The van der Waals surface area contributed by atoms with Gasteiger partial charge in [-0.25, -0.2) is 9.37 Å². The zero-order valence-electron chi connectivity index (χ0n) is 12.6. The van der Waals surface area contributed by atoms with Crippen LogP contribution >= 0.6 is 0 Å². The summed E-state index contributed by atoms with van der Waals surface area (Å²) in [6.07, 6.45) is 0. The molecule has 0 radical (unpaired) electrons. The van der Waals surface area contributed by atoms with E-state index in [1.165, 1.54) is 6.07 Å². The molecule has 23 heavy (non-hydrogen) atoms. The molecule has 0 saturated carbocycles. The molecule has 5 nitrogen and oxygen atoms in total. The average molecular weight is 308 g/mol. The molecule has 1 aromatic heterocycles. The maximum atomic E-state index is 14.7. The van der Waals surface area contributed by atoms with E-state index in [0.717, 1.165) is 0 Å². The van der Waals surface area contributed by atoms with E-state index in [-0.39, 0.29) is 22.5 Å². The summed E-state index contributed by atoms with van der Waals surface area (Å²) in [6, 6.07) is 11.8. The predicted octanol–water partition coefficient (Wildman–Crippen LogP) is 2.67. The number of hydrogen-bond donors (Lipinski definition) is 1. The first-order valence-electron chi connectivity index (χ1n) is 6.92. The number of aromatic nitrogens is 2. The number of anilines is 1. The molecule has 0 bridgehead atoms. The van der Waals surface area contributed by atoms with Crippen molar-refractivity contribution in [3.05, 3.63) is 58.1 Å². The van der Waals surface area contributed by atoms with Crippen LogP contribution in [-0.2, 0) is 0 Å². The SMILES string of the molecule is CN(C)c1ccc(-c2nc3ccccc3c(=O)[nH]2)c(F)c1C#N. The smallest absolute Gasteiger partial charge is 0.259 e. The second kappa shape index (κ2) is 5.54. The van der Waals surface area contributed by atoms with E-state index >= 15 is 0 Å². The molecule has 1 heterocycles. The summed E-state index contributed by atoms with van der Waals surface area (Å²) >= 11 is 0. The minimum absolute atomic E-state index is 0.0803. The molecule has 114 valence electrons. The van der Waals surface area contributed by atoms with Crippen molar-refractivity contribution in [1.29, 1.82) is 5.26 Å². The van der Waals surface area contributed by atoms with Crippen molar-refractivity contribution in [2.75, 3.05) is 19.0 Å². The van der Waals surface area contributed by atoms with Gasteiger partial charge in [0.2, 0.25) is 0 Å². The summed E-state index contributed by atoms with van der Waals surface area (Å²) in [5.74, 6) is -0.592. The van der Waals surface area contributed by atoms with Crippen LogP contribution < -0.4 is 10.5 Å². The Bertz CT molecular complexity index is 1000. The van der Waals surface area contributed by atoms with Crippen LogP contribution in [0.5, 0.6) is 0 Å². The van der Waals surface area contributed by atoms with E-state index in [4.69, 9.17) is 0 Å². The third kappa shape index (κ3) is 2.42. The number of nitrogens with one attached hydrogen (secondary N) is 1. The van der Waals surface area contributed by atoms with Crippen molar-refractivity contribution in [1.82, 2.24) is 9.97 Å². The molecule has 0 fully saturated rings. The zero-order valence-corrected chi connectivity index (χ0v) is 12.6. The summed E-state index contributed by atoms with van der Waals surface area (Å²) < 4.78 is 14.7. The first-order chi connectivity index (χ1) is 11.0. The van der Waals surface area contributed by atoms with Crippen LogP contribution in [0.1, 0.15) is 5.56 Å². The third-order valence-electron chi connectivity index (χ3n) is 3.58. The van der Waals surface area contributed by atoms with Gasteiger partial charge in [0.1, 0.15) is 17.5 Å². The molecular formula is C17H13FN4O. The topological polar surface area (TPSA) is 72.8 Å². The molecule has 1 N–H and O–H groups in total. The average Bonchev–Trinajstić information content (AvgIpc) is 2.54. The molecule has 0 aliphatic carbocycles. The zero-order chi connectivity index (χ0) is 16.6. The largest absolute Gasteiger partial charge is 0.377 e. The van der Waals surface area contributed by atoms with E-state index in [9.17, 15) is 14.4 Å². The maximum absolute atomic E-state index is 14.7. The van der Waals surface area contributed by atoms with Crippen molar-refractivity contribution in [2.24, 2.45) is 0 Å². The standard InChI is InChI=1S/C17H13FN4O/c1-22(2)14-8-7-11(15(18)12(14)9-19)16-20-13-6-4-3-5-10(13)17(23)21-16/h3-8H,1-2H3,(H,20,21,23). The van der Waals surface area contributed by atoms with Gasteiger partial charge in [-0.3, -0.25) is 4.79 Å². The lowest BCUT2D eigenvalue weighted by Gasteiger charge is -2.16. The summed E-state index contributed by atoms with van der Waals surface area (Å²) in [7, 11) is 3.46. The van der Waals surface area contributed by atoms with E-state index in [2.05, 4.69) is 9.97 Å². The highest BCUT2D eigenvalue weighted by Crippen LogP contribution is 2.28. The molecule has 6 heteroatoms. The predicted molar refractivity (Wildman–Crippen MR) is 86.8 cm³/mol. The Hall–Kier alpha value is -3.20. The Labute approximate surface area is 131 Å². The first kappa shape index (κ1) is 14.7. The molecule has 0 aliphatic heterocycles. The van der Waals surface area contributed by atoms with Crippen molar-refractivity contribution in [3.8, 4) is 17.5 Å². The fraction of sp³-hybridized carbons (Fsp3) is 0.118. The van der Waals surface area contributed by atoms with Crippen molar-refractivity contribution in [3.63, 3.8) is 0 Å². The van der Waals surface area contributed by atoms with E-state index in [0.29, 0.717) is 16.6 Å². The number of para-hydroxylation sites is 1. The summed E-state index contributed by atoms with van der Waals surface area (Å²) in [4.78, 5) is 20.7. The van der Waals surface area contributed by atoms with Crippen molar-refractivity contribution in [2.45, 2.75) is 0 Å². The van der Waals surface area contributed by atoms with Crippen LogP contribution in [-0.4, -0.2) is 24.1 Å². The molecule has 0 atom stereocenters. The molecule has 3 rings (SSSR count). The van der Waals surface area contributed by atoms with Gasteiger partial charge in [0.15, 0.2) is 5.82 Å². The van der Waals surface area contributed by atoms with Gasteiger partial charge >= 0.3 is 0 Å². The van der Waals surface area contributed by atoms with Gasteiger partial charge < -0.3 is 9.88 Å². The van der Waals surface area contributed by atoms with E-state index in [1.54, 1.807) is 49.3 Å². The summed E-state index contributed by atoms with van der Waals surface area (Å²) in [6.45, 7) is 0. The van der Waals surface area contributed by atoms with E-state index in [1.807, 2.05) is 6.07 Å². The molecule has 0 amide bonds. The molecule has 0 spiro atoms. The fourth-order valence-electron chi connectivity index (χ4n) is 2.44. The first-order valence-corrected chi connectivity index (χ1v) is 6.92. The van der Waals surface area contributed by atoms with Crippen LogP contribution in [0.3, 0.4) is 0 Å². The Morgan fingerprint density at radius 1 is 1.22 bits per heavy atom. The lowest BCUT2D eigenvalue weighted by molar-refractivity contribution is 0.626. The van der Waals surface area contributed by atoms with Gasteiger partial charge in [0.05, 0.1) is 22.2 Å². The van der Waals surface area contributed by atoms with Crippen LogP contribution in [0.2, 0.25) is 0 Å². The van der Waals surface area contributed by atoms with Crippen LogP contribution in [0.4, 0.5) is 10.1 Å². The molecular weight excluding hydrogens is 295 g/mol. The third-order valence-corrected chi connectivity index (χ3v) is 3.58. The summed E-state index contributed by atoms with van der Waals surface area (Å²) in [5, 5.41) is 9.67. The van der Waals surface area contributed by atoms with Crippen LogP contribution in [0.25, 0.3) is 22.3 Å². The van der Waals surface area contributed by atoms with E-state index < -0.39 is 5.82 Å². The Kier molecular flexibility index (Phi) is 3.54. The molecule has 2 aromatic carbocycles. The quantitative estimate of drug-likeness (QED) is 0.790. The fourth-order valence-corrected chi connectivity index (χ4v) is 2.44. The summed E-state index contributed by atoms with van der Waals surface area (Å²) in [5.41, 5.74) is 0.608. The Balaban J connectivity index is 2.28. The van der Waals surface area contributed by atoms with Gasteiger partial charge in [-0.1, -0.05) is 12.1 Å². The molecule has 0 unspecified atom stereocenters. The Morgan fingerprint density at radius 3 is 2.65 bits per heavy atom. The minimum atomic E-state index is -0.697. The number of hydrogen-bond acceptors (Lipinski definition) is 4. The van der Waals surface area contributed by atoms with Crippen LogP contribution in [0, 0.1) is 17.1 Å². The lowest BCUT2D eigenvalue weighted by atomic mass is 10.1. The van der Waals surface area contributed by atoms with Crippen molar-refractivity contribution < 1.29 is 4.39 Å². The van der Waals surface area contributed by atoms with Gasteiger partial charge in [0, 0.05) is 14.1 Å². The molecule has 3 aromatic rings. The second-order valence-corrected chi connectivity index (χ2v) is 5.26. The number of fused-ring (bicyclic) bond motifs is 1. The van der Waals surface area contributed by atoms with Crippen LogP contribution in [0.15, 0.2) is 41.2 Å². The number of nitrogens with zero attached hydrogens (tertiary/aromatic N) is 3. The lowest BCUT2D eigenvalue weighted by Crippen LogP contribution is -2.13. The number of nitriles is 1. The number of halogens is 1. The van der Waals surface area contributed by atoms with Gasteiger partial charge in [0.25, 0.3) is 5.56 Å². The minimum Gasteiger partial charge on any atom is -0.377 e. The van der Waals surface area contributed by atoms with Gasteiger partial charge in [-0.2, -0.15) is 5.26 Å². The van der Waals surface area contributed by atoms with Crippen molar-refractivity contribution >= 4 is 16.6 Å². The number of aromatic amines is 1. The highest BCUT2D eigenvalue weighted by molar-refractivity contribution is 5.80. The number of benzene rings is 2. The Morgan fingerprint density at radius 2 is 1.96 bits per heavy atom. The highest BCUT2D eigenvalue weighted by atomic mass is 19.1. The maximum Gasteiger partial charge on any atom is 0.259 e. The molecule has 0 saturated heterocycles. The number of rotatable bonds is 2. The normalized spacial score (nSPS) is 10.5. The monoisotopic (exact) mass is 308 g/mol. The van der Waals surface area contributed by atoms with Gasteiger partial charge in [-0.15, -0.1) is 0 Å². The second-order valence-electron chi connectivity index (χ2n) is 5.26. The van der Waals surface area contributed by atoms with Gasteiger partial charge in [-0.05, 0) is 24.3 Å². The molecule has 0 aliphatic rings.